The summed E-state index contributed by atoms with van der Waals surface area (Å²) in [5.74, 6) is 0. The minimum Gasteiger partial charge on any atom is -0.375 e. The van der Waals surface area contributed by atoms with Crippen LogP contribution >= 0.6 is 0 Å². The summed E-state index contributed by atoms with van der Waals surface area (Å²) in [7, 11) is 2.18. The van der Waals surface area contributed by atoms with Crippen LogP contribution in [0.2, 0.25) is 0 Å². The highest BCUT2D eigenvalue weighted by Gasteiger charge is 2.08. The second-order valence-corrected chi connectivity index (χ2v) is 3.13. The molecule has 0 aliphatic carbocycles. The van der Waals surface area contributed by atoms with Crippen LogP contribution in [0.5, 0.6) is 0 Å². The topological polar surface area (TPSA) is 6.48 Å². The first-order chi connectivity index (χ1) is 5.33. The van der Waals surface area contributed by atoms with Gasteiger partial charge in [0.25, 0.3) is 0 Å². The van der Waals surface area contributed by atoms with Gasteiger partial charge in [0.15, 0.2) is 0 Å². The Morgan fingerprint density at radius 2 is 1.82 bits per heavy atom. The van der Waals surface area contributed by atoms with Crippen LogP contribution in [-0.2, 0) is 0 Å². The van der Waals surface area contributed by atoms with Gasteiger partial charge in [0.1, 0.15) is 0 Å². The zero-order valence-electron chi connectivity index (χ0n) is 7.58. The molecule has 1 aliphatic heterocycles. The Morgan fingerprint density at radius 3 is 2.36 bits per heavy atom. The van der Waals surface area contributed by atoms with E-state index in [1.54, 1.807) is 0 Å². The lowest BCUT2D eigenvalue weighted by Crippen LogP contribution is -2.41. The van der Waals surface area contributed by atoms with E-state index in [0.717, 1.165) is 6.42 Å². The average Bonchev–Trinajstić information content (AvgIpc) is 2.04. The van der Waals surface area contributed by atoms with Gasteiger partial charge in [0.05, 0.1) is 0 Å². The van der Waals surface area contributed by atoms with Crippen LogP contribution in [0.1, 0.15) is 13.3 Å². The largest absolute Gasteiger partial charge is 0.375 e. The third-order valence-corrected chi connectivity index (χ3v) is 2.09. The molecular formula is C9H18N2. The highest BCUT2D eigenvalue weighted by atomic mass is 15.2. The van der Waals surface area contributed by atoms with Crippen LogP contribution in [0, 0.1) is 0 Å². The van der Waals surface area contributed by atoms with Gasteiger partial charge in [-0.3, -0.25) is 0 Å². The molecule has 0 unspecified atom stereocenters. The van der Waals surface area contributed by atoms with Crippen molar-refractivity contribution in [2.24, 2.45) is 0 Å². The van der Waals surface area contributed by atoms with Crippen LogP contribution in [0.25, 0.3) is 0 Å². The Bertz CT molecular complexity index is 124. The van der Waals surface area contributed by atoms with Crippen LogP contribution in [0.3, 0.4) is 0 Å². The third-order valence-electron chi connectivity index (χ3n) is 2.09. The molecule has 0 radical (unpaired) electrons. The Labute approximate surface area is 69.5 Å². The van der Waals surface area contributed by atoms with Crippen LogP contribution in [0.4, 0.5) is 0 Å². The van der Waals surface area contributed by atoms with Gasteiger partial charge in [-0.25, -0.2) is 0 Å². The third kappa shape index (κ3) is 2.93. The summed E-state index contributed by atoms with van der Waals surface area (Å²) in [6.07, 6.45) is 5.60. The molecule has 0 spiro atoms. The van der Waals surface area contributed by atoms with Gasteiger partial charge in [0.2, 0.25) is 0 Å². The molecule has 0 bridgehead atoms. The maximum Gasteiger partial charge on any atom is 0.0300 e. The van der Waals surface area contributed by atoms with E-state index in [1.807, 2.05) is 0 Å². The summed E-state index contributed by atoms with van der Waals surface area (Å²) in [6, 6.07) is 0. The van der Waals surface area contributed by atoms with Crippen LogP contribution in [0.15, 0.2) is 12.3 Å². The van der Waals surface area contributed by atoms with Gasteiger partial charge in [0, 0.05) is 26.2 Å². The van der Waals surface area contributed by atoms with E-state index in [2.05, 4.69) is 36.0 Å². The predicted molar refractivity (Wildman–Crippen MR) is 48.5 cm³/mol. The number of allylic oxidation sites excluding steroid dienone is 1. The molecule has 64 valence electrons. The van der Waals surface area contributed by atoms with Crippen molar-refractivity contribution in [2.45, 2.75) is 13.3 Å². The summed E-state index contributed by atoms with van der Waals surface area (Å²) in [4.78, 5) is 4.76. The molecule has 0 aromatic carbocycles. The summed E-state index contributed by atoms with van der Waals surface area (Å²) in [5.41, 5.74) is 0. The smallest absolute Gasteiger partial charge is 0.0300 e. The lowest BCUT2D eigenvalue weighted by Gasteiger charge is -2.31. The number of likely N-dealkylation sites (N-methyl/N-ethyl adjacent to an activating group) is 1. The van der Waals surface area contributed by atoms with Crippen molar-refractivity contribution in [2.75, 3.05) is 33.2 Å². The van der Waals surface area contributed by atoms with E-state index in [4.69, 9.17) is 0 Å². The molecule has 0 aromatic heterocycles. The van der Waals surface area contributed by atoms with Crippen molar-refractivity contribution < 1.29 is 0 Å². The maximum atomic E-state index is 2.39. The van der Waals surface area contributed by atoms with Gasteiger partial charge in [-0.1, -0.05) is 13.0 Å². The Kier molecular flexibility index (Phi) is 3.43. The average molecular weight is 154 g/mol. The molecule has 1 fully saturated rings. The molecule has 1 aliphatic rings. The fraction of sp³-hybridized carbons (Fsp3) is 0.778. The Morgan fingerprint density at radius 1 is 1.18 bits per heavy atom. The number of rotatable bonds is 2. The summed E-state index contributed by atoms with van der Waals surface area (Å²) < 4.78 is 0. The number of nitrogens with zero attached hydrogens (tertiary/aromatic N) is 2. The molecular weight excluding hydrogens is 136 g/mol. The second-order valence-electron chi connectivity index (χ2n) is 3.13. The lowest BCUT2D eigenvalue weighted by molar-refractivity contribution is 0.198. The summed E-state index contributed by atoms with van der Waals surface area (Å²) >= 11 is 0. The van der Waals surface area contributed by atoms with Crippen LogP contribution < -0.4 is 0 Å². The SMILES string of the molecule is CC/C=C/N1CCN(C)CC1. The summed E-state index contributed by atoms with van der Waals surface area (Å²) in [5, 5.41) is 0. The highest BCUT2D eigenvalue weighted by Crippen LogP contribution is 1.99. The summed E-state index contributed by atoms with van der Waals surface area (Å²) in [6.45, 7) is 6.95. The molecule has 1 heterocycles. The van der Waals surface area contributed by atoms with Crippen molar-refractivity contribution in [3.05, 3.63) is 12.3 Å². The van der Waals surface area contributed by atoms with Gasteiger partial charge >= 0.3 is 0 Å². The first kappa shape index (κ1) is 8.60. The Hall–Kier alpha value is -0.500. The predicted octanol–water partition coefficient (Wildman–Crippen LogP) is 1.16. The maximum absolute atomic E-state index is 2.39. The van der Waals surface area contributed by atoms with Gasteiger partial charge < -0.3 is 9.80 Å². The molecule has 2 nitrogen and oxygen atoms in total. The van der Waals surface area contributed by atoms with Gasteiger partial charge in [-0.2, -0.15) is 0 Å². The van der Waals surface area contributed by atoms with E-state index in [9.17, 15) is 0 Å². The second kappa shape index (κ2) is 4.39. The fourth-order valence-corrected chi connectivity index (χ4v) is 1.23. The number of hydrogen-bond acceptors (Lipinski definition) is 2. The van der Waals surface area contributed by atoms with Crippen molar-refractivity contribution in [3.8, 4) is 0 Å². The van der Waals surface area contributed by atoms with Gasteiger partial charge in [-0.15, -0.1) is 0 Å². The van der Waals surface area contributed by atoms with Crippen molar-refractivity contribution in [1.82, 2.24) is 9.80 Å². The van der Waals surface area contributed by atoms with E-state index in [0.29, 0.717) is 0 Å². The van der Waals surface area contributed by atoms with Crippen molar-refractivity contribution in [1.29, 1.82) is 0 Å². The molecule has 0 N–H and O–H groups in total. The molecule has 0 atom stereocenters. The zero-order chi connectivity index (χ0) is 8.10. The normalized spacial score (nSPS) is 21.5. The van der Waals surface area contributed by atoms with Gasteiger partial charge in [-0.05, 0) is 19.7 Å². The van der Waals surface area contributed by atoms with E-state index >= 15 is 0 Å². The first-order valence-electron chi connectivity index (χ1n) is 4.42. The molecule has 1 saturated heterocycles. The van der Waals surface area contributed by atoms with Crippen molar-refractivity contribution >= 4 is 0 Å². The standard InChI is InChI=1S/C9H18N2/c1-3-4-5-11-8-6-10(2)7-9-11/h4-5H,3,6-9H2,1-2H3/b5-4+. The zero-order valence-corrected chi connectivity index (χ0v) is 7.58. The first-order valence-corrected chi connectivity index (χ1v) is 4.42. The fourth-order valence-electron chi connectivity index (χ4n) is 1.23. The van der Waals surface area contributed by atoms with E-state index < -0.39 is 0 Å². The highest BCUT2D eigenvalue weighted by molar-refractivity contribution is 4.84. The minimum atomic E-state index is 1.15. The van der Waals surface area contributed by atoms with E-state index in [1.165, 1.54) is 26.2 Å². The molecule has 2 heteroatoms. The van der Waals surface area contributed by atoms with Crippen molar-refractivity contribution in [3.63, 3.8) is 0 Å². The Balaban J connectivity index is 2.22. The number of piperazine rings is 1. The molecule has 1 rings (SSSR count). The monoisotopic (exact) mass is 154 g/mol. The molecule has 0 saturated carbocycles. The quantitative estimate of drug-likeness (QED) is 0.589. The van der Waals surface area contributed by atoms with Crippen LogP contribution in [-0.4, -0.2) is 43.0 Å². The number of hydrogen-bond donors (Lipinski definition) is 0. The molecule has 0 amide bonds. The molecule has 11 heavy (non-hydrogen) atoms. The van der Waals surface area contributed by atoms with E-state index in [-0.39, 0.29) is 0 Å². The lowest BCUT2D eigenvalue weighted by atomic mass is 10.3. The minimum absolute atomic E-state index is 1.15. The molecule has 0 aromatic rings.